The van der Waals surface area contributed by atoms with Crippen LogP contribution in [0.1, 0.15) is 0 Å². The minimum atomic E-state index is -2.14. The maximum atomic E-state index is 10.4. The van der Waals surface area contributed by atoms with E-state index in [1.165, 1.54) is 0 Å². The molecule has 15 heavy (non-hydrogen) atoms. The SMILES string of the molecule is OS(S)(c1ccccc1)c1ccccc1. The summed E-state index contributed by atoms with van der Waals surface area (Å²) in [5.74, 6) is 0. The lowest BCUT2D eigenvalue weighted by molar-refractivity contribution is 0.641. The Bertz CT molecular complexity index is 384. The average molecular weight is 236 g/mol. The van der Waals surface area contributed by atoms with E-state index < -0.39 is 9.34 Å². The van der Waals surface area contributed by atoms with Gasteiger partial charge in [-0.3, -0.25) is 0 Å². The van der Waals surface area contributed by atoms with Gasteiger partial charge in [0.05, 0.1) is 0 Å². The van der Waals surface area contributed by atoms with E-state index in [4.69, 9.17) is 0 Å². The molecule has 0 atom stereocenters. The molecule has 2 rings (SSSR count). The molecule has 0 spiro atoms. The average Bonchev–Trinajstić information content (AvgIpc) is 2.31. The van der Waals surface area contributed by atoms with Crippen LogP contribution < -0.4 is 0 Å². The summed E-state index contributed by atoms with van der Waals surface area (Å²) in [4.78, 5) is 1.72. The lowest BCUT2D eigenvalue weighted by Crippen LogP contribution is -1.92. The van der Waals surface area contributed by atoms with Crippen LogP contribution >= 0.6 is 21.0 Å². The zero-order chi connectivity index (χ0) is 10.7. The van der Waals surface area contributed by atoms with E-state index in [2.05, 4.69) is 11.7 Å². The van der Waals surface area contributed by atoms with E-state index in [0.29, 0.717) is 0 Å². The molecule has 0 saturated heterocycles. The van der Waals surface area contributed by atoms with Crippen LogP contribution in [0.3, 0.4) is 0 Å². The lowest BCUT2D eigenvalue weighted by Gasteiger charge is -2.28. The van der Waals surface area contributed by atoms with Crippen LogP contribution in [0.25, 0.3) is 0 Å². The van der Waals surface area contributed by atoms with Crippen LogP contribution in [-0.2, 0) is 0 Å². The molecule has 0 radical (unpaired) electrons. The fourth-order valence-corrected chi connectivity index (χ4v) is 3.43. The molecule has 0 aliphatic carbocycles. The highest BCUT2D eigenvalue weighted by molar-refractivity contribution is 8.85. The Morgan fingerprint density at radius 3 is 1.40 bits per heavy atom. The first-order chi connectivity index (χ1) is 7.21. The normalized spacial score (nSPS) is 12.4. The van der Waals surface area contributed by atoms with E-state index in [0.717, 1.165) is 9.79 Å². The van der Waals surface area contributed by atoms with Crippen LogP contribution in [0.2, 0.25) is 0 Å². The number of benzene rings is 2. The predicted molar refractivity (Wildman–Crippen MR) is 68.6 cm³/mol. The minimum Gasteiger partial charge on any atom is -0.333 e. The Labute approximate surface area is 96.1 Å². The Kier molecular flexibility index (Phi) is 3.05. The van der Waals surface area contributed by atoms with Crippen molar-refractivity contribution in [3.05, 3.63) is 60.7 Å². The molecule has 0 bridgehead atoms. The van der Waals surface area contributed by atoms with E-state index >= 15 is 0 Å². The first-order valence-electron chi connectivity index (χ1n) is 4.59. The molecular formula is C12H12OS2. The third-order valence-corrected chi connectivity index (χ3v) is 5.27. The first kappa shape index (κ1) is 10.6. The van der Waals surface area contributed by atoms with Gasteiger partial charge in [0, 0.05) is 9.79 Å². The van der Waals surface area contributed by atoms with Crippen molar-refractivity contribution in [3.63, 3.8) is 0 Å². The van der Waals surface area contributed by atoms with Crippen LogP contribution in [-0.4, -0.2) is 4.55 Å². The maximum Gasteiger partial charge on any atom is 0.0263 e. The lowest BCUT2D eigenvalue weighted by atomic mass is 10.4. The smallest absolute Gasteiger partial charge is 0.0263 e. The van der Waals surface area contributed by atoms with Gasteiger partial charge in [-0.1, -0.05) is 48.1 Å². The van der Waals surface area contributed by atoms with E-state index in [9.17, 15) is 4.55 Å². The Morgan fingerprint density at radius 1 is 0.733 bits per heavy atom. The van der Waals surface area contributed by atoms with Crippen molar-refractivity contribution in [2.24, 2.45) is 0 Å². The monoisotopic (exact) mass is 236 g/mol. The summed E-state index contributed by atoms with van der Waals surface area (Å²) >= 11 is 4.40. The van der Waals surface area contributed by atoms with Gasteiger partial charge < -0.3 is 4.55 Å². The zero-order valence-corrected chi connectivity index (χ0v) is 9.79. The van der Waals surface area contributed by atoms with Gasteiger partial charge in [0.15, 0.2) is 0 Å². The highest BCUT2D eigenvalue weighted by atomic mass is 33.1. The predicted octanol–water partition coefficient (Wildman–Crippen LogP) is 4.23. The molecule has 0 saturated carbocycles. The summed E-state index contributed by atoms with van der Waals surface area (Å²) in [7, 11) is -2.14. The first-order valence-corrected chi connectivity index (χ1v) is 7.24. The van der Waals surface area contributed by atoms with Crippen molar-refractivity contribution in [1.29, 1.82) is 0 Å². The fraction of sp³-hybridized carbons (Fsp3) is 0. The third kappa shape index (κ3) is 2.20. The van der Waals surface area contributed by atoms with Gasteiger partial charge in [-0.2, -0.15) is 0 Å². The number of thiol groups is 1. The van der Waals surface area contributed by atoms with Crippen molar-refractivity contribution in [2.45, 2.75) is 9.79 Å². The molecule has 2 aromatic carbocycles. The van der Waals surface area contributed by atoms with Crippen molar-refractivity contribution in [1.82, 2.24) is 0 Å². The second kappa shape index (κ2) is 4.31. The van der Waals surface area contributed by atoms with Crippen LogP contribution in [0.15, 0.2) is 70.5 Å². The number of hydrogen-bond acceptors (Lipinski definition) is 2. The molecule has 0 unspecified atom stereocenters. The molecule has 0 amide bonds. The van der Waals surface area contributed by atoms with Crippen molar-refractivity contribution < 1.29 is 4.55 Å². The van der Waals surface area contributed by atoms with Crippen molar-refractivity contribution in [3.8, 4) is 0 Å². The molecule has 2 aromatic rings. The second-order valence-corrected chi connectivity index (χ2v) is 6.80. The molecule has 0 aromatic heterocycles. The van der Waals surface area contributed by atoms with Gasteiger partial charge in [-0.05, 0) is 33.6 Å². The largest absolute Gasteiger partial charge is 0.333 e. The van der Waals surface area contributed by atoms with E-state index in [-0.39, 0.29) is 0 Å². The molecule has 3 heteroatoms. The topological polar surface area (TPSA) is 20.2 Å². The summed E-state index contributed by atoms with van der Waals surface area (Å²) in [5, 5.41) is 0. The van der Waals surface area contributed by atoms with Crippen LogP contribution in [0, 0.1) is 0 Å². The Morgan fingerprint density at radius 2 is 1.07 bits per heavy atom. The number of rotatable bonds is 2. The summed E-state index contributed by atoms with van der Waals surface area (Å²) in [6, 6.07) is 19.1. The van der Waals surface area contributed by atoms with Crippen LogP contribution in [0.5, 0.6) is 0 Å². The van der Waals surface area contributed by atoms with E-state index in [1.54, 1.807) is 0 Å². The van der Waals surface area contributed by atoms with E-state index in [1.807, 2.05) is 60.7 Å². The highest BCUT2D eigenvalue weighted by Crippen LogP contribution is 2.62. The molecule has 0 heterocycles. The Hall–Kier alpha value is -0.900. The van der Waals surface area contributed by atoms with Gasteiger partial charge >= 0.3 is 0 Å². The summed E-state index contributed by atoms with van der Waals surface area (Å²) < 4.78 is 10.4. The molecule has 0 aliphatic heterocycles. The maximum absolute atomic E-state index is 10.4. The van der Waals surface area contributed by atoms with Gasteiger partial charge in [-0.25, -0.2) is 0 Å². The van der Waals surface area contributed by atoms with Gasteiger partial charge in [0.2, 0.25) is 0 Å². The number of hydrogen-bond donors (Lipinski definition) is 2. The molecule has 0 fully saturated rings. The molecule has 78 valence electrons. The summed E-state index contributed by atoms with van der Waals surface area (Å²) in [6.45, 7) is 0. The summed E-state index contributed by atoms with van der Waals surface area (Å²) in [5.41, 5.74) is 0. The van der Waals surface area contributed by atoms with Gasteiger partial charge in [-0.15, -0.1) is 0 Å². The standard InChI is InChI=1S/C12H12OS2/c13-15(14,11-7-3-1-4-8-11)12-9-5-2-6-10-12/h1-10,13-14H. The zero-order valence-electron chi connectivity index (χ0n) is 8.08. The molecular weight excluding hydrogens is 224 g/mol. The van der Waals surface area contributed by atoms with Crippen molar-refractivity contribution in [2.75, 3.05) is 0 Å². The molecule has 1 N–H and O–H groups in total. The van der Waals surface area contributed by atoms with Gasteiger partial charge in [0.25, 0.3) is 0 Å². The quantitative estimate of drug-likeness (QED) is 0.590. The molecule has 1 nitrogen and oxygen atoms in total. The third-order valence-electron chi connectivity index (χ3n) is 2.14. The second-order valence-electron chi connectivity index (χ2n) is 3.17. The van der Waals surface area contributed by atoms with Gasteiger partial charge in [0.1, 0.15) is 0 Å². The molecule has 0 aliphatic rings. The Balaban J connectivity index is 2.44. The van der Waals surface area contributed by atoms with Crippen molar-refractivity contribution >= 4 is 21.0 Å². The fourth-order valence-electron chi connectivity index (χ4n) is 1.36. The summed E-state index contributed by atoms with van der Waals surface area (Å²) in [6.07, 6.45) is 0. The van der Waals surface area contributed by atoms with Crippen LogP contribution in [0.4, 0.5) is 0 Å². The highest BCUT2D eigenvalue weighted by Gasteiger charge is 2.20. The minimum absolute atomic E-state index is 0.861.